The topological polar surface area (TPSA) is 80.0 Å². The van der Waals surface area contributed by atoms with Gasteiger partial charge in [-0.25, -0.2) is 19.3 Å². The number of nitrogen functional groups attached to an aromatic ring is 1. The Bertz CT molecular complexity index is 1070. The van der Waals surface area contributed by atoms with E-state index in [1.54, 1.807) is 18.3 Å². The molecule has 0 saturated heterocycles. The fourth-order valence-electron chi connectivity index (χ4n) is 2.91. The third kappa shape index (κ3) is 4.30. The van der Waals surface area contributed by atoms with Crippen LogP contribution in [0.5, 0.6) is 0 Å². The average Bonchev–Trinajstić information content (AvgIpc) is 2.77. The van der Waals surface area contributed by atoms with E-state index < -0.39 is 0 Å². The number of pyridine rings is 1. The van der Waals surface area contributed by atoms with E-state index in [1.807, 2.05) is 53.4 Å². The Balaban J connectivity index is 1.71. The summed E-state index contributed by atoms with van der Waals surface area (Å²) in [7, 11) is 0. The Morgan fingerprint density at radius 3 is 2.34 bits per heavy atom. The molecule has 0 aliphatic rings. The first-order valence-electron chi connectivity index (χ1n) is 9.06. The lowest BCUT2D eigenvalue weighted by Crippen LogP contribution is -2.21. The summed E-state index contributed by atoms with van der Waals surface area (Å²) in [4.78, 5) is 15.1. The number of benzene rings is 2. The molecule has 144 valence electrons. The molecular weight excluding hydrogens is 367 g/mol. The van der Waals surface area contributed by atoms with E-state index in [0.29, 0.717) is 29.6 Å². The zero-order chi connectivity index (χ0) is 20.1. The smallest absolute Gasteiger partial charge is 0.163 e. The van der Waals surface area contributed by atoms with Crippen molar-refractivity contribution in [1.29, 1.82) is 0 Å². The van der Waals surface area contributed by atoms with Crippen LogP contribution in [-0.4, -0.2) is 15.0 Å². The largest absolute Gasteiger partial charge is 0.393 e. The summed E-state index contributed by atoms with van der Waals surface area (Å²) < 4.78 is 13.2. The molecule has 0 atom stereocenters. The van der Waals surface area contributed by atoms with Gasteiger partial charge in [-0.1, -0.05) is 36.4 Å². The molecule has 2 aromatic heterocycles. The lowest BCUT2D eigenvalue weighted by atomic mass is 10.2. The van der Waals surface area contributed by atoms with Gasteiger partial charge >= 0.3 is 0 Å². The van der Waals surface area contributed by atoms with Gasteiger partial charge in [0.15, 0.2) is 11.6 Å². The fraction of sp³-hybridized carbons (Fsp3) is 0.0455. The highest BCUT2D eigenvalue weighted by Crippen LogP contribution is 2.33. The van der Waals surface area contributed by atoms with E-state index in [4.69, 9.17) is 5.73 Å². The Hall–Kier alpha value is -4.00. The molecule has 0 fully saturated rings. The van der Waals surface area contributed by atoms with Crippen LogP contribution in [0.25, 0.3) is 0 Å². The summed E-state index contributed by atoms with van der Waals surface area (Å²) in [5.41, 5.74) is 8.56. The number of nitrogens with two attached hydrogens (primary N) is 1. The summed E-state index contributed by atoms with van der Waals surface area (Å²) in [5.74, 6) is 1.38. The molecule has 0 spiro atoms. The summed E-state index contributed by atoms with van der Waals surface area (Å²) in [6.45, 7) is 0.537. The number of aromatic nitrogens is 3. The number of hydrogen-bond acceptors (Lipinski definition) is 6. The number of nitrogens with one attached hydrogen (secondary N) is 1. The van der Waals surface area contributed by atoms with Crippen molar-refractivity contribution in [3.63, 3.8) is 0 Å². The van der Waals surface area contributed by atoms with Crippen molar-refractivity contribution in [2.45, 2.75) is 6.54 Å². The maximum Gasteiger partial charge on any atom is 0.163 e. The number of nitrogens with zero attached hydrogens (tertiary/aromatic N) is 4. The van der Waals surface area contributed by atoms with Crippen LogP contribution in [0.4, 0.5) is 33.2 Å². The lowest BCUT2D eigenvalue weighted by Gasteiger charge is -2.24. The zero-order valence-corrected chi connectivity index (χ0v) is 15.5. The van der Waals surface area contributed by atoms with Crippen molar-refractivity contribution in [2.75, 3.05) is 16.0 Å². The lowest BCUT2D eigenvalue weighted by molar-refractivity contribution is 0.628. The Kier molecular flexibility index (Phi) is 5.29. The minimum absolute atomic E-state index is 0.309. The van der Waals surface area contributed by atoms with Crippen molar-refractivity contribution >= 4 is 28.8 Å². The van der Waals surface area contributed by atoms with Gasteiger partial charge in [-0.15, -0.1) is 0 Å². The highest BCUT2D eigenvalue weighted by atomic mass is 19.1. The van der Waals surface area contributed by atoms with Gasteiger partial charge in [-0.05, 0) is 42.0 Å². The number of anilines is 5. The summed E-state index contributed by atoms with van der Waals surface area (Å²) in [6, 6.07) is 21.7. The van der Waals surface area contributed by atoms with Gasteiger partial charge in [-0.2, -0.15) is 0 Å². The maximum absolute atomic E-state index is 13.2. The molecule has 0 aliphatic heterocycles. The van der Waals surface area contributed by atoms with Crippen molar-refractivity contribution in [3.8, 4) is 0 Å². The quantitative estimate of drug-likeness (QED) is 0.501. The van der Waals surface area contributed by atoms with Gasteiger partial charge in [0.1, 0.15) is 23.6 Å². The average molecular weight is 386 g/mol. The second kappa shape index (κ2) is 8.35. The van der Waals surface area contributed by atoms with Crippen LogP contribution in [0.2, 0.25) is 0 Å². The fourth-order valence-corrected chi connectivity index (χ4v) is 2.91. The molecular formula is C22H19FN6. The molecule has 29 heavy (non-hydrogen) atoms. The summed E-state index contributed by atoms with van der Waals surface area (Å²) >= 11 is 0. The molecule has 6 nitrogen and oxygen atoms in total. The van der Waals surface area contributed by atoms with E-state index in [9.17, 15) is 4.39 Å². The molecule has 7 heteroatoms. The van der Waals surface area contributed by atoms with Crippen molar-refractivity contribution in [2.24, 2.45) is 0 Å². The van der Waals surface area contributed by atoms with E-state index in [1.165, 1.54) is 18.5 Å². The standard InChI is InChI=1S/C22H19FN6/c23-17-9-11-18(12-10-17)28-21-20(24)22(27-15-26-21)29(19-8-4-5-13-25-19)14-16-6-2-1-3-7-16/h1-13,15H,14,24H2,(H,26,27,28). The van der Waals surface area contributed by atoms with Crippen molar-refractivity contribution in [1.82, 2.24) is 15.0 Å². The van der Waals surface area contributed by atoms with Gasteiger partial charge in [0.2, 0.25) is 0 Å². The van der Waals surface area contributed by atoms with Crippen LogP contribution >= 0.6 is 0 Å². The first kappa shape index (κ1) is 18.4. The molecule has 0 amide bonds. The van der Waals surface area contributed by atoms with E-state index >= 15 is 0 Å². The zero-order valence-electron chi connectivity index (χ0n) is 15.5. The van der Waals surface area contributed by atoms with Crippen LogP contribution in [0.1, 0.15) is 5.56 Å². The molecule has 2 heterocycles. The Morgan fingerprint density at radius 1 is 0.862 bits per heavy atom. The van der Waals surface area contributed by atoms with Gasteiger partial charge in [0, 0.05) is 11.9 Å². The molecule has 4 aromatic rings. The number of hydrogen-bond donors (Lipinski definition) is 2. The monoisotopic (exact) mass is 386 g/mol. The first-order valence-corrected chi connectivity index (χ1v) is 9.06. The highest BCUT2D eigenvalue weighted by molar-refractivity contribution is 5.80. The second-order valence-corrected chi connectivity index (χ2v) is 6.35. The molecule has 0 saturated carbocycles. The first-order chi connectivity index (χ1) is 14.2. The van der Waals surface area contributed by atoms with E-state index in [2.05, 4.69) is 20.3 Å². The third-order valence-electron chi connectivity index (χ3n) is 4.33. The van der Waals surface area contributed by atoms with Crippen molar-refractivity contribution < 1.29 is 4.39 Å². The minimum atomic E-state index is -0.309. The molecule has 0 unspecified atom stereocenters. The Labute approximate surface area is 167 Å². The van der Waals surface area contributed by atoms with Gasteiger partial charge < -0.3 is 16.0 Å². The number of halogens is 1. The van der Waals surface area contributed by atoms with Crippen LogP contribution < -0.4 is 16.0 Å². The summed E-state index contributed by atoms with van der Waals surface area (Å²) in [5, 5.41) is 3.12. The predicted octanol–water partition coefficient (Wildman–Crippen LogP) is 4.67. The summed E-state index contributed by atoms with van der Waals surface area (Å²) in [6.07, 6.45) is 3.17. The predicted molar refractivity (Wildman–Crippen MR) is 113 cm³/mol. The van der Waals surface area contributed by atoms with Crippen molar-refractivity contribution in [3.05, 3.63) is 96.7 Å². The molecule has 4 rings (SSSR count). The van der Waals surface area contributed by atoms with Gasteiger partial charge in [0.25, 0.3) is 0 Å². The van der Waals surface area contributed by atoms with Crippen LogP contribution in [-0.2, 0) is 6.54 Å². The highest BCUT2D eigenvalue weighted by Gasteiger charge is 2.18. The molecule has 0 radical (unpaired) electrons. The van der Waals surface area contributed by atoms with Crippen LogP contribution in [0.15, 0.2) is 85.3 Å². The number of rotatable bonds is 6. The van der Waals surface area contributed by atoms with Crippen LogP contribution in [0.3, 0.4) is 0 Å². The SMILES string of the molecule is Nc1c(Nc2ccc(F)cc2)ncnc1N(Cc1ccccc1)c1ccccn1. The van der Waals surface area contributed by atoms with E-state index in [0.717, 1.165) is 11.4 Å². The van der Waals surface area contributed by atoms with Crippen LogP contribution in [0, 0.1) is 5.82 Å². The van der Waals surface area contributed by atoms with E-state index in [-0.39, 0.29) is 5.82 Å². The maximum atomic E-state index is 13.2. The molecule has 0 aliphatic carbocycles. The minimum Gasteiger partial charge on any atom is -0.393 e. The molecule has 2 aromatic carbocycles. The Morgan fingerprint density at radius 2 is 1.62 bits per heavy atom. The molecule has 0 bridgehead atoms. The van der Waals surface area contributed by atoms with Gasteiger partial charge in [0.05, 0.1) is 6.54 Å². The normalized spacial score (nSPS) is 10.5. The third-order valence-corrected chi connectivity index (χ3v) is 4.33. The van der Waals surface area contributed by atoms with Gasteiger partial charge in [-0.3, -0.25) is 0 Å². The molecule has 3 N–H and O–H groups in total. The second-order valence-electron chi connectivity index (χ2n) is 6.35.